The van der Waals surface area contributed by atoms with Gasteiger partial charge in [0.25, 0.3) is 0 Å². The first kappa shape index (κ1) is 23.7. The van der Waals surface area contributed by atoms with Crippen LogP contribution in [0.1, 0.15) is 4.88 Å². The van der Waals surface area contributed by atoms with Gasteiger partial charge in [0.2, 0.25) is 0 Å². The van der Waals surface area contributed by atoms with Gasteiger partial charge in [0.15, 0.2) is 11.6 Å². The Kier molecular flexibility index (Phi) is 6.38. The Bertz CT molecular complexity index is 1510. The van der Waals surface area contributed by atoms with E-state index in [1.165, 1.54) is 4.88 Å². The van der Waals surface area contributed by atoms with Gasteiger partial charge >= 0.3 is 0 Å². The Morgan fingerprint density at radius 2 is 1.81 bits per heavy atom. The number of para-hydroxylation sites is 1. The number of aromatic nitrogens is 3. The Morgan fingerprint density at radius 1 is 1.03 bits per heavy atom. The lowest BCUT2D eigenvalue weighted by atomic mass is 10.1. The molecule has 1 aromatic carbocycles. The summed E-state index contributed by atoms with van der Waals surface area (Å²) in [6.07, 6.45) is 3.59. The van der Waals surface area contributed by atoms with E-state index in [0.717, 1.165) is 78.3 Å². The third-order valence-electron chi connectivity index (χ3n) is 6.82. The summed E-state index contributed by atoms with van der Waals surface area (Å²) in [5.41, 5.74) is 2.86. The van der Waals surface area contributed by atoms with Crippen molar-refractivity contribution in [1.29, 1.82) is 0 Å². The van der Waals surface area contributed by atoms with Crippen LogP contribution in [0.5, 0.6) is 0 Å². The molecule has 4 aromatic rings. The normalized spacial score (nSPS) is 19.6. The summed E-state index contributed by atoms with van der Waals surface area (Å²) in [4.78, 5) is 20.7. The van der Waals surface area contributed by atoms with Gasteiger partial charge in [-0.05, 0) is 24.1 Å². The standard InChI is InChI=1S/C26H30N6O2S2/c1-36(2,33)32-9-7-30(8-10-32)18-21-16-23-24(35-21)26(31-11-13-34-14-12-31)29-25(28-23)20-15-19-5-3-4-6-22(19)27-17-20/h3-6,15-17H,1,7-14,18H2,2H3. The molecule has 1 unspecified atom stereocenters. The van der Waals surface area contributed by atoms with Crippen molar-refractivity contribution in [3.05, 3.63) is 47.5 Å². The molecular weight excluding hydrogens is 492 g/mol. The molecular formula is C26H30N6O2S2. The number of hydrogen-bond donors (Lipinski definition) is 0. The van der Waals surface area contributed by atoms with Crippen LogP contribution >= 0.6 is 11.3 Å². The third-order valence-corrected chi connectivity index (χ3v) is 9.38. The average Bonchev–Trinajstić information content (AvgIpc) is 3.30. The number of benzene rings is 1. The number of hydrogen-bond acceptors (Lipinski definition) is 8. The molecule has 8 nitrogen and oxygen atoms in total. The fourth-order valence-corrected chi connectivity index (χ4v) is 6.94. The van der Waals surface area contributed by atoms with E-state index in [1.54, 1.807) is 17.6 Å². The first-order valence-electron chi connectivity index (χ1n) is 12.2. The summed E-state index contributed by atoms with van der Waals surface area (Å²) in [6, 6.07) is 12.4. The van der Waals surface area contributed by atoms with E-state index in [2.05, 4.69) is 38.9 Å². The summed E-state index contributed by atoms with van der Waals surface area (Å²) >= 11 is 1.78. The van der Waals surface area contributed by atoms with Crippen LogP contribution in [0.3, 0.4) is 0 Å². The van der Waals surface area contributed by atoms with E-state index in [9.17, 15) is 4.21 Å². The van der Waals surface area contributed by atoms with Gasteiger partial charge in [-0.25, -0.2) is 14.3 Å². The van der Waals surface area contributed by atoms with E-state index < -0.39 is 9.71 Å². The first-order valence-corrected chi connectivity index (χ1v) is 15.1. The second-order valence-corrected chi connectivity index (χ2v) is 13.1. The van der Waals surface area contributed by atoms with Crippen LogP contribution in [0.2, 0.25) is 0 Å². The largest absolute Gasteiger partial charge is 0.378 e. The lowest BCUT2D eigenvalue weighted by Gasteiger charge is -2.34. The molecule has 0 N–H and O–H groups in total. The first-order chi connectivity index (χ1) is 17.4. The molecule has 0 amide bonds. The summed E-state index contributed by atoms with van der Waals surface area (Å²) in [6.45, 7) is 7.21. The van der Waals surface area contributed by atoms with Crippen LogP contribution in [0, 0.1) is 0 Å². The highest BCUT2D eigenvalue weighted by Gasteiger charge is 2.23. The third kappa shape index (κ3) is 4.83. The number of pyridine rings is 1. The minimum absolute atomic E-state index is 0.702. The molecule has 2 fully saturated rings. The number of rotatable bonds is 5. The zero-order valence-corrected chi connectivity index (χ0v) is 22.1. The van der Waals surface area contributed by atoms with Gasteiger partial charge in [-0.2, -0.15) is 0 Å². The van der Waals surface area contributed by atoms with E-state index in [-0.39, 0.29) is 0 Å². The fourth-order valence-electron chi connectivity index (χ4n) is 4.85. The SMILES string of the molecule is C=S(C)(=O)N1CCN(Cc2cc3nc(-c4cnc5ccccc5c4)nc(N4CCOCC4)c3s2)CC1. The van der Waals surface area contributed by atoms with Crippen LogP contribution < -0.4 is 4.90 Å². The molecule has 0 spiro atoms. The molecule has 36 heavy (non-hydrogen) atoms. The Morgan fingerprint density at radius 3 is 2.58 bits per heavy atom. The highest BCUT2D eigenvalue weighted by Crippen LogP contribution is 2.35. The number of piperazine rings is 1. The van der Waals surface area contributed by atoms with Crippen molar-refractivity contribution in [2.24, 2.45) is 0 Å². The number of thiophene rings is 1. The fraction of sp³-hybridized carbons (Fsp3) is 0.385. The van der Waals surface area contributed by atoms with Crippen molar-refractivity contribution in [3.8, 4) is 11.4 Å². The van der Waals surface area contributed by atoms with Gasteiger partial charge in [0.1, 0.15) is 0 Å². The number of anilines is 1. The summed E-state index contributed by atoms with van der Waals surface area (Å²) in [5.74, 6) is 5.52. The van der Waals surface area contributed by atoms with Crippen LogP contribution in [0.4, 0.5) is 5.82 Å². The molecule has 188 valence electrons. The summed E-state index contributed by atoms with van der Waals surface area (Å²) in [7, 11) is -2.14. The molecule has 0 aliphatic carbocycles. The van der Waals surface area contributed by atoms with Crippen LogP contribution in [-0.2, 0) is 21.0 Å². The van der Waals surface area contributed by atoms with Crippen molar-refractivity contribution in [1.82, 2.24) is 24.2 Å². The molecule has 6 rings (SSSR count). The Labute approximate surface area is 215 Å². The van der Waals surface area contributed by atoms with Gasteiger partial charge in [-0.1, -0.05) is 18.2 Å². The lowest BCUT2D eigenvalue weighted by molar-refractivity contribution is 0.122. The molecule has 2 aliphatic heterocycles. The monoisotopic (exact) mass is 522 g/mol. The molecule has 0 saturated carbocycles. The number of morpholine rings is 1. The van der Waals surface area contributed by atoms with Crippen LogP contribution in [0.25, 0.3) is 32.5 Å². The van der Waals surface area contributed by atoms with Crippen molar-refractivity contribution in [2.45, 2.75) is 6.54 Å². The maximum atomic E-state index is 12.3. The van der Waals surface area contributed by atoms with Crippen molar-refractivity contribution in [3.63, 3.8) is 0 Å². The maximum absolute atomic E-state index is 12.3. The van der Waals surface area contributed by atoms with Crippen LogP contribution in [-0.4, -0.2) is 93.0 Å². The zero-order chi connectivity index (χ0) is 24.7. The van der Waals surface area contributed by atoms with E-state index >= 15 is 0 Å². The minimum Gasteiger partial charge on any atom is -0.378 e. The average molecular weight is 523 g/mol. The minimum atomic E-state index is -2.14. The smallest absolute Gasteiger partial charge is 0.163 e. The quantitative estimate of drug-likeness (QED) is 0.373. The second kappa shape index (κ2) is 9.68. The molecule has 2 saturated heterocycles. The zero-order valence-electron chi connectivity index (χ0n) is 20.4. The van der Waals surface area contributed by atoms with Crippen molar-refractivity contribution >= 4 is 53.9 Å². The molecule has 1 atom stereocenters. The van der Waals surface area contributed by atoms with E-state index in [0.29, 0.717) is 19.0 Å². The van der Waals surface area contributed by atoms with Gasteiger partial charge in [-0.3, -0.25) is 14.1 Å². The molecule has 0 bridgehead atoms. The number of nitrogens with zero attached hydrogens (tertiary/aromatic N) is 6. The van der Waals surface area contributed by atoms with Gasteiger partial charge < -0.3 is 9.64 Å². The molecule has 5 heterocycles. The van der Waals surface area contributed by atoms with Crippen LogP contribution in [0.15, 0.2) is 42.6 Å². The van der Waals surface area contributed by atoms with Gasteiger partial charge in [0.05, 0.1) is 28.9 Å². The predicted octanol–water partition coefficient (Wildman–Crippen LogP) is 3.12. The Balaban J connectivity index is 1.34. The molecule has 10 heteroatoms. The number of ether oxygens (including phenoxy) is 1. The lowest BCUT2D eigenvalue weighted by Crippen LogP contribution is -2.47. The number of fused-ring (bicyclic) bond motifs is 2. The second-order valence-electron chi connectivity index (χ2n) is 9.48. The maximum Gasteiger partial charge on any atom is 0.163 e. The highest BCUT2D eigenvalue weighted by molar-refractivity contribution is 7.97. The predicted molar refractivity (Wildman–Crippen MR) is 149 cm³/mol. The highest BCUT2D eigenvalue weighted by atomic mass is 32.2. The van der Waals surface area contributed by atoms with E-state index in [4.69, 9.17) is 14.7 Å². The van der Waals surface area contributed by atoms with Gasteiger partial charge in [-0.15, -0.1) is 11.3 Å². The van der Waals surface area contributed by atoms with E-state index in [1.807, 2.05) is 28.7 Å². The van der Waals surface area contributed by atoms with Crippen molar-refractivity contribution in [2.75, 3.05) is 63.6 Å². The molecule has 0 radical (unpaired) electrons. The van der Waals surface area contributed by atoms with Gasteiger partial charge in [0, 0.05) is 83.8 Å². The molecule has 2 aliphatic rings. The molecule has 3 aromatic heterocycles. The van der Waals surface area contributed by atoms with Crippen molar-refractivity contribution < 1.29 is 8.95 Å². The Hall–Kier alpha value is -2.63. The topological polar surface area (TPSA) is 74.7 Å². The summed E-state index contributed by atoms with van der Waals surface area (Å²) in [5, 5.41) is 1.08. The summed E-state index contributed by atoms with van der Waals surface area (Å²) < 4.78 is 21.0.